The van der Waals surface area contributed by atoms with Crippen molar-refractivity contribution < 1.29 is 28.5 Å². The maximum atomic E-state index is 15.4. The number of ether oxygens (including phenoxy) is 1. The van der Waals surface area contributed by atoms with Crippen LogP contribution in [0.15, 0.2) is 60.9 Å². The summed E-state index contributed by atoms with van der Waals surface area (Å²) in [5, 5.41) is 21.4. The number of aliphatic hydroxyl groups excluding tert-OH is 1. The van der Waals surface area contributed by atoms with Gasteiger partial charge in [0.25, 0.3) is 5.91 Å². The summed E-state index contributed by atoms with van der Waals surface area (Å²) in [5.41, 5.74) is 4.40. The lowest BCUT2D eigenvalue weighted by atomic mass is 9.95. The van der Waals surface area contributed by atoms with Crippen molar-refractivity contribution in [3.05, 3.63) is 94.8 Å². The molecule has 2 aliphatic heterocycles. The van der Waals surface area contributed by atoms with Crippen LogP contribution in [0.4, 0.5) is 14.5 Å². The second kappa shape index (κ2) is 11.2. The Bertz CT molecular complexity index is 2030. The van der Waals surface area contributed by atoms with E-state index in [1.54, 1.807) is 24.5 Å². The van der Waals surface area contributed by atoms with Crippen LogP contribution in [0.5, 0.6) is 5.75 Å². The molecule has 3 aromatic heterocycles. The van der Waals surface area contributed by atoms with Crippen LogP contribution in [0.1, 0.15) is 52.7 Å². The molecule has 240 valence electrons. The number of anilines is 1. The number of β-amino-alcohol motifs (C(OH)–C–C–N with tert-alkyl or cyclic N) is 1. The number of carbonyl (C=O) groups is 1. The Kier molecular flexibility index (Phi) is 7.08. The number of amides is 1. The molecular formula is C36H33F2N5O4. The molecule has 0 radical (unpaired) electrons. The van der Waals surface area contributed by atoms with Gasteiger partial charge in [0.05, 0.1) is 35.8 Å². The minimum Gasteiger partial charge on any atom is -0.491 e. The molecule has 3 N–H and O–H groups in total. The third-order valence-electron chi connectivity index (χ3n) is 9.25. The summed E-state index contributed by atoms with van der Waals surface area (Å²) in [6.45, 7) is 3.38. The number of carbonyl (C=O) groups excluding carboxylic acids is 1. The van der Waals surface area contributed by atoms with E-state index in [2.05, 4.69) is 19.9 Å². The largest absolute Gasteiger partial charge is 0.491 e. The first-order valence-electron chi connectivity index (χ1n) is 15.8. The second-order valence-corrected chi connectivity index (χ2v) is 13.1. The van der Waals surface area contributed by atoms with E-state index in [4.69, 9.17) is 4.74 Å². The number of pyridine rings is 2. The molecule has 0 atom stereocenters. The van der Waals surface area contributed by atoms with Crippen LogP contribution < -0.4 is 9.64 Å². The average molecular weight is 638 g/mol. The minimum atomic E-state index is -0.672. The molecule has 2 fully saturated rings. The van der Waals surface area contributed by atoms with Crippen molar-refractivity contribution in [3.63, 3.8) is 0 Å². The zero-order valence-corrected chi connectivity index (χ0v) is 25.8. The fraction of sp³-hybridized carbons (Fsp3) is 0.306. The summed E-state index contributed by atoms with van der Waals surface area (Å²) in [6.07, 6.45) is 5.35. The highest BCUT2D eigenvalue weighted by Crippen LogP contribution is 2.44. The normalized spacial score (nSPS) is 17.7. The number of aromatic nitrogens is 3. The van der Waals surface area contributed by atoms with Gasteiger partial charge in [0.1, 0.15) is 35.2 Å². The summed E-state index contributed by atoms with van der Waals surface area (Å²) >= 11 is 0. The monoisotopic (exact) mass is 637 g/mol. The molecule has 8 rings (SSSR count). The van der Waals surface area contributed by atoms with Crippen molar-refractivity contribution in [1.82, 2.24) is 19.9 Å². The molecule has 5 heterocycles. The topological polar surface area (TPSA) is 115 Å². The van der Waals surface area contributed by atoms with Crippen LogP contribution in [0.25, 0.3) is 33.5 Å². The van der Waals surface area contributed by atoms with Crippen molar-refractivity contribution in [3.8, 4) is 28.3 Å². The number of hydrogen-bond donors (Lipinski definition) is 3. The van der Waals surface area contributed by atoms with E-state index >= 15 is 8.78 Å². The third-order valence-corrected chi connectivity index (χ3v) is 9.25. The summed E-state index contributed by atoms with van der Waals surface area (Å²) in [5.74, 6) is -1.48. The number of nitrogens with zero attached hydrogens (tertiary/aromatic N) is 4. The number of aliphatic hydroxyl groups is 2. The molecule has 5 aromatic rings. The van der Waals surface area contributed by atoms with Gasteiger partial charge >= 0.3 is 0 Å². The number of nitrogens with one attached hydrogen (secondary N) is 1. The molecule has 3 aliphatic rings. The number of rotatable bonds is 7. The summed E-state index contributed by atoms with van der Waals surface area (Å²) in [6, 6.07) is 13.2. The van der Waals surface area contributed by atoms with E-state index in [9.17, 15) is 15.0 Å². The van der Waals surface area contributed by atoms with Crippen LogP contribution in [0.2, 0.25) is 0 Å². The van der Waals surface area contributed by atoms with Crippen molar-refractivity contribution in [2.24, 2.45) is 0 Å². The molecule has 1 amide bonds. The second-order valence-electron chi connectivity index (χ2n) is 13.1. The first-order valence-corrected chi connectivity index (χ1v) is 15.8. The molecule has 0 unspecified atom stereocenters. The Labute approximate surface area is 269 Å². The van der Waals surface area contributed by atoms with E-state index in [1.165, 1.54) is 23.1 Å². The Morgan fingerprint density at radius 1 is 1.06 bits per heavy atom. The Morgan fingerprint density at radius 3 is 2.62 bits per heavy atom. The van der Waals surface area contributed by atoms with Gasteiger partial charge in [0.2, 0.25) is 0 Å². The predicted octanol–water partition coefficient (Wildman–Crippen LogP) is 5.55. The molecule has 47 heavy (non-hydrogen) atoms. The number of H-pyrrole nitrogens is 1. The highest BCUT2D eigenvalue weighted by atomic mass is 19.1. The van der Waals surface area contributed by atoms with Gasteiger partial charge in [-0.3, -0.25) is 14.7 Å². The van der Waals surface area contributed by atoms with Gasteiger partial charge in [-0.1, -0.05) is 6.07 Å². The van der Waals surface area contributed by atoms with Crippen LogP contribution in [0, 0.1) is 11.6 Å². The van der Waals surface area contributed by atoms with E-state index in [0.717, 1.165) is 24.0 Å². The fourth-order valence-corrected chi connectivity index (χ4v) is 6.92. The van der Waals surface area contributed by atoms with Crippen LogP contribution >= 0.6 is 0 Å². The minimum absolute atomic E-state index is 0.0421. The van der Waals surface area contributed by atoms with Gasteiger partial charge in [-0.2, -0.15) is 0 Å². The van der Waals surface area contributed by atoms with Gasteiger partial charge in [-0.25, -0.2) is 13.8 Å². The first-order chi connectivity index (χ1) is 22.7. The molecule has 9 nitrogen and oxygen atoms in total. The first kappa shape index (κ1) is 29.7. The summed E-state index contributed by atoms with van der Waals surface area (Å²) < 4.78 is 36.7. The number of benzene rings is 2. The van der Waals surface area contributed by atoms with Crippen molar-refractivity contribution >= 4 is 22.6 Å². The van der Waals surface area contributed by atoms with E-state index in [-0.39, 0.29) is 36.1 Å². The SMILES string of the molecule is CC1(O)CN(Cc2ccc(-c3cc4c(-c5cc(F)cc(N6CCOc7cc(C8CC8)cc(F)c7C6=O)c5CO)ccnc4[nH]3)nc2)C1. The number of hydrogen-bond acceptors (Lipinski definition) is 7. The van der Waals surface area contributed by atoms with Crippen LogP contribution in [-0.4, -0.2) is 67.8 Å². The highest BCUT2D eigenvalue weighted by Gasteiger charge is 2.36. The zero-order valence-electron chi connectivity index (χ0n) is 25.8. The van der Waals surface area contributed by atoms with Gasteiger partial charge in [-0.05, 0) is 90.4 Å². The average Bonchev–Trinajstić information content (AvgIpc) is 3.82. The quantitative estimate of drug-likeness (QED) is 0.215. The molecule has 11 heteroatoms. The van der Waals surface area contributed by atoms with E-state index in [0.29, 0.717) is 58.7 Å². The number of likely N-dealkylation sites (tertiary alicyclic amines) is 1. The van der Waals surface area contributed by atoms with Gasteiger partial charge in [-0.15, -0.1) is 0 Å². The Morgan fingerprint density at radius 2 is 1.89 bits per heavy atom. The van der Waals surface area contributed by atoms with E-state index in [1.807, 2.05) is 25.1 Å². The summed E-state index contributed by atoms with van der Waals surface area (Å²) in [7, 11) is 0. The maximum Gasteiger partial charge on any atom is 0.265 e. The number of halogens is 2. The zero-order chi connectivity index (χ0) is 32.4. The van der Waals surface area contributed by atoms with Gasteiger partial charge < -0.3 is 24.8 Å². The smallest absolute Gasteiger partial charge is 0.265 e. The Balaban J connectivity index is 1.14. The van der Waals surface area contributed by atoms with Gasteiger partial charge in [0, 0.05) is 43.0 Å². The third kappa shape index (κ3) is 5.44. The highest BCUT2D eigenvalue weighted by molar-refractivity contribution is 6.09. The molecule has 1 aliphatic carbocycles. The van der Waals surface area contributed by atoms with Gasteiger partial charge in [0.15, 0.2) is 0 Å². The Hall–Kier alpha value is -4.71. The van der Waals surface area contributed by atoms with Crippen molar-refractivity contribution in [2.45, 2.75) is 44.4 Å². The standard InChI is InChI=1S/C36H33F2N5O4/c1-36(46)18-42(19-36)16-20-2-5-29(40-15-20)30-14-26-24(6-7-39-34(26)41-30)25-12-23(37)13-31(27(25)17-44)43-8-9-47-32-11-22(21-3-4-21)10-28(38)33(32)35(43)45/h2,5-7,10-15,21,44,46H,3-4,8-9,16-19H2,1H3,(H,39,41). The molecule has 1 saturated carbocycles. The van der Waals surface area contributed by atoms with Crippen molar-refractivity contribution in [1.29, 1.82) is 0 Å². The molecule has 0 spiro atoms. The molecule has 2 aromatic carbocycles. The lowest BCUT2D eigenvalue weighted by molar-refractivity contribution is -0.0871. The van der Waals surface area contributed by atoms with E-state index < -0.39 is 29.7 Å². The number of fused-ring (bicyclic) bond motifs is 2. The molecule has 0 bridgehead atoms. The molecular weight excluding hydrogens is 604 g/mol. The molecule has 1 saturated heterocycles. The lowest BCUT2D eigenvalue weighted by Gasteiger charge is -2.44. The maximum absolute atomic E-state index is 15.4. The fourth-order valence-electron chi connectivity index (χ4n) is 6.92. The van der Waals surface area contributed by atoms with Crippen LogP contribution in [0.3, 0.4) is 0 Å². The summed E-state index contributed by atoms with van der Waals surface area (Å²) in [4.78, 5) is 29.7. The van der Waals surface area contributed by atoms with Crippen molar-refractivity contribution in [2.75, 3.05) is 31.1 Å². The lowest BCUT2D eigenvalue weighted by Crippen LogP contribution is -2.59. The number of aromatic amines is 1. The predicted molar refractivity (Wildman–Crippen MR) is 172 cm³/mol. The van der Waals surface area contributed by atoms with Crippen LogP contribution in [-0.2, 0) is 13.2 Å².